The van der Waals surface area contributed by atoms with Crippen LogP contribution in [0.4, 0.5) is 0 Å². The van der Waals surface area contributed by atoms with Crippen molar-refractivity contribution in [2.24, 2.45) is 0 Å². The van der Waals surface area contributed by atoms with Crippen molar-refractivity contribution in [3.63, 3.8) is 0 Å². The van der Waals surface area contributed by atoms with Gasteiger partial charge in [-0.2, -0.15) is 0 Å². The Morgan fingerprint density at radius 1 is 1.00 bits per heavy atom. The molecule has 1 aliphatic carbocycles. The van der Waals surface area contributed by atoms with Crippen LogP contribution in [-0.2, 0) is 0 Å². The van der Waals surface area contributed by atoms with E-state index < -0.39 is 8.07 Å². The highest BCUT2D eigenvalue weighted by Crippen LogP contribution is 2.62. The lowest BCUT2D eigenvalue weighted by atomic mass is 10.5. The molecule has 1 saturated carbocycles. The van der Waals surface area contributed by atoms with E-state index in [9.17, 15) is 0 Å². The van der Waals surface area contributed by atoms with E-state index in [1.807, 2.05) is 0 Å². The van der Waals surface area contributed by atoms with E-state index in [0.29, 0.717) is 0 Å². The lowest BCUT2D eigenvalue weighted by molar-refractivity contribution is 0.798. The van der Waals surface area contributed by atoms with Crippen LogP contribution < -0.4 is 0 Å². The van der Waals surface area contributed by atoms with Gasteiger partial charge in [0.25, 0.3) is 0 Å². The first-order chi connectivity index (χ1) is 6.35. The van der Waals surface area contributed by atoms with Crippen molar-refractivity contribution in [1.29, 1.82) is 0 Å². The van der Waals surface area contributed by atoms with Crippen LogP contribution in [-0.4, -0.2) is 8.07 Å². The summed E-state index contributed by atoms with van der Waals surface area (Å²) in [5.41, 5.74) is 5.17. The third-order valence-electron chi connectivity index (χ3n) is 4.40. The molecule has 1 aliphatic rings. The Morgan fingerprint density at radius 2 is 1.29 bits per heavy atom. The molecular weight excluding hydrogens is 184 g/mol. The van der Waals surface area contributed by atoms with E-state index in [-0.39, 0.29) is 0 Å². The Kier molecular flexibility index (Phi) is 3.30. The van der Waals surface area contributed by atoms with Crippen molar-refractivity contribution in [2.75, 3.05) is 0 Å². The predicted molar refractivity (Wildman–Crippen MR) is 68.6 cm³/mol. The molecule has 0 radical (unpaired) electrons. The SMILES string of the molecule is C=C1CC1[Si](C(C)C)(C(C)C)C(C)C. The van der Waals surface area contributed by atoms with Gasteiger partial charge < -0.3 is 0 Å². The van der Waals surface area contributed by atoms with Crippen molar-refractivity contribution in [2.45, 2.75) is 70.1 Å². The fourth-order valence-electron chi connectivity index (χ4n) is 3.94. The molecule has 1 unspecified atom stereocenters. The Balaban J connectivity index is 3.03. The molecule has 0 aromatic heterocycles. The molecule has 0 aromatic carbocycles. The molecule has 82 valence electrons. The van der Waals surface area contributed by atoms with E-state index in [1.165, 1.54) is 6.42 Å². The molecule has 0 heterocycles. The minimum absolute atomic E-state index is 0.895. The van der Waals surface area contributed by atoms with Gasteiger partial charge in [0, 0.05) is 0 Å². The van der Waals surface area contributed by atoms with E-state index in [0.717, 1.165) is 22.2 Å². The highest BCUT2D eigenvalue weighted by Gasteiger charge is 2.54. The summed E-state index contributed by atoms with van der Waals surface area (Å²) in [6.45, 7) is 18.8. The number of hydrogen-bond donors (Lipinski definition) is 0. The van der Waals surface area contributed by atoms with Crippen molar-refractivity contribution in [1.82, 2.24) is 0 Å². The highest BCUT2D eigenvalue weighted by molar-refractivity contribution is 6.86. The van der Waals surface area contributed by atoms with Gasteiger partial charge >= 0.3 is 0 Å². The summed E-state index contributed by atoms with van der Waals surface area (Å²) in [6, 6.07) is 0. The molecule has 1 rings (SSSR count). The molecule has 0 saturated heterocycles. The summed E-state index contributed by atoms with van der Waals surface area (Å²) in [6.07, 6.45) is 1.33. The zero-order valence-corrected chi connectivity index (χ0v) is 11.7. The highest BCUT2D eigenvalue weighted by atomic mass is 28.3. The second-order valence-corrected chi connectivity index (χ2v) is 12.0. The molecule has 1 atom stereocenters. The van der Waals surface area contributed by atoms with E-state index >= 15 is 0 Å². The molecule has 1 fully saturated rings. The first kappa shape index (κ1) is 12.0. The van der Waals surface area contributed by atoms with Gasteiger partial charge in [-0.05, 0) is 12.0 Å². The summed E-state index contributed by atoms with van der Waals surface area (Å²) in [5.74, 6) is 0. The van der Waals surface area contributed by atoms with Crippen LogP contribution >= 0.6 is 0 Å². The van der Waals surface area contributed by atoms with Crippen LogP contribution in [0.5, 0.6) is 0 Å². The third-order valence-corrected chi connectivity index (χ3v) is 12.2. The minimum atomic E-state index is -1.16. The lowest BCUT2D eigenvalue weighted by Gasteiger charge is -2.43. The smallest absolute Gasteiger partial charge is 0.0687 e. The molecular formula is C13H26Si. The van der Waals surface area contributed by atoms with Crippen molar-refractivity contribution in [3.8, 4) is 0 Å². The molecule has 0 aromatic rings. The monoisotopic (exact) mass is 210 g/mol. The van der Waals surface area contributed by atoms with E-state index in [1.54, 1.807) is 5.57 Å². The van der Waals surface area contributed by atoms with Crippen LogP contribution in [0, 0.1) is 0 Å². The predicted octanol–water partition coefficient (Wildman–Crippen LogP) is 5.00. The summed E-state index contributed by atoms with van der Waals surface area (Å²) < 4.78 is 0. The molecule has 1 heteroatoms. The lowest BCUT2D eigenvalue weighted by Crippen LogP contribution is -2.45. The Hall–Kier alpha value is -0.0431. The molecule has 0 amide bonds. The van der Waals surface area contributed by atoms with Crippen LogP contribution in [0.15, 0.2) is 12.2 Å². The van der Waals surface area contributed by atoms with E-state index in [2.05, 4.69) is 48.1 Å². The van der Waals surface area contributed by atoms with Gasteiger partial charge in [-0.3, -0.25) is 0 Å². The second-order valence-electron chi connectivity index (χ2n) is 5.88. The summed E-state index contributed by atoms with van der Waals surface area (Å²) in [7, 11) is -1.16. The largest absolute Gasteiger partial charge is 0.0998 e. The number of rotatable bonds is 4. The first-order valence-electron chi connectivity index (χ1n) is 6.02. The molecule has 0 bridgehead atoms. The van der Waals surface area contributed by atoms with Gasteiger partial charge in [0.2, 0.25) is 0 Å². The van der Waals surface area contributed by atoms with Gasteiger partial charge in [-0.15, -0.1) is 0 Å². The van der Waals surface area contributed by atoms with Crippen LogP contribution in [0.2, 0.25) is 22.2 Å². The van der Waals surface area contributed by atoms with Crippen molar-refractivity contribution >= 4 is 8.07 Å². The zero-order valence-electron chi connectivity index (χ0n) is 10.7. The molecule has 14 heavy (non-hydrogen) atoms. The maximum atomic E-state index is 4.20. The summed E-state index contributed by atoms with van der Waals surface area (Å²) in [5, 5.41) is 0. The average Bonchev–Trinajstić information content (AvgIpc) is 2.65. The fraction of sp³-hybridized carbons (Fsp3) is 0.846. The van der Waals surface area contributed by atoms with Crippen LogP contribution in [0.25, 0.3) is 0 Å². The number of allylic oxidation sites excluding steroid dienone is 1. The summed E-state index contributed by atoms with van der Waals surface area (Å²) in [4.78, 5) is 0. The average molecular weight is 210 g/mol. The molecule has 0 N–H and O–H groups in total. The molecule has 0 aliphatic heterocycles. The van der Waals surface area contributed by atoms with Crippen LogP contribution in [0.3, 0.4) is 0 Å². The normalized spacial score (nSPS) is 22.6. The first-order valence-corrected chi connectivity index (χ1v) is 8.33. The van der Waals surface area contributed by atoms with Crippen molar-refractivity contribution < 1.29 is 0 Å². The summed E-state index contributed by atoms with van der Waals surface area (Å²) >= 11 is 0. The van der Waals surface area contributed by atoms with Gasteiger partial charge in [0.05, 0.1) is 8.07 Å². The van der Waals surface area contributed by atoms with Gasteiger partial charge in [-0.1, -0.05) is 70.3 Å². The van der Waals surface area contributed by atoms with Gasteiger partial charge in [0.1, 0.15) is 0 Å². The Labute approximate surface area is 90.8 Å². The van der Waals surface area contributed by atoms with Gasteiger partial charge in [-0.25, -0.2) is 0 Å². The standard InChI is InChI=1S/C13H26Si/c1-9(2)14(10(3)4,11(5)6)13-8-12(13)7/h9-11,13H,7-8H2,1-6H3. The maximum absolute atomic E-state index is 4.20. The maximum Gasteiger partial charge on any atom is 0.0687 e. The van der Waals surface area contributed by atoms with Crippen LogP contribution in [0.1, 0.15) is 48.0 Å². The van der Waals surface area contributed by atoms with E-state index in [4.69, 9.17) is 0 Å². The Bertz CT molecular complexity index is 204. The number of hydrogen-bond acceptors (Lipinski definition) is 0. The second kappa shape index (κ2) is 3.84. The topological polar surface area (TPSA) is 0 Å². The zero-order chi connectivity index (χ0) is 11.1. The fourth-order valence-corrected chi connectivity index (χ4v) is 11.7. The molecule has 0 nitrogen and oxygen atoms in total. The third kappa shape index (κ3) is 1.60. The molecule has 0 spiro atoms. The Morgan fingerprint density at radius 3 is 1.36 bits per heavy atom. The minimum Gasteiger partial charge on any atom is -0.0998 e. The quantitative estimate of drug-likeness (QED) is 0.453. The van der Waals surface area contributed by atoms with Gasteiger partial charge in [0.15, 0.2) is 0 Å². The van der Waals surface area contributed by atoms with Crippen molar-refractivity contribution in [3.05, 3.63) is 12.2 Å².